The van der Waals surface area contributed by atoms with E-state index in [1.807, 2.05) is 67.6 Å². The average Bonchev–Trinajstić information content (AvgIpc) is 2.86. The summed E-state index contributed by atoms with van der Waals surface area (Å²) in [5, 5.41) is 18.1. The third-order valence-electron chi connectivity index (χ3n) is 6.38. The van der Waals surface area contributed by atoms with Crippen LogP contribution >= 0.6 is 0 Å². The Morgan fingerprint density at radius 2 is 1.84 bits per heavy atom. The molecule has 164 valence electrons. The summed E-state index contributed by atoms with van der Waals surface area (Å²) in [4.78, 5) is 16.0. The van der Waals surface area contributed by atoms with Crippen molar-refractivity contribution < 1.29 is 9.53 Å². The molecule has 3 aromatic carbocycles. The van der Waals surface area contributed by atoms with Crippen LogP contribution in [0.5, 0.6) is 5.75 Å². The molecule has 1 amide bonds. The number of fused-ring (bicyclic) bond motifs is 1. The third-order valence-corrected chi connectivity index (χ3v) is 6.38. The fourth-order valence-electron chi connectivity index (χ4n) is 4.57. The lowest BCUT2D eigenvalue weighted by atomic mass is 9.88. The van der Waals surface area contributed by atoms with Crippen LogP contribution in [0.25, 0.3) is 10.8 Å². The van der Waals surface area contributed by atoms with Gasteiger partial charge in [0, 0.05) is 38.3 Å². The predicted octanol–water partition coefficient (Wildman–Crippen LogP) is 3.16. The van der Waals surface area contributed by atoms with Crippen molar-refractivity contribution in [1.29, 1.82) is 5.26 Å². The van der Waals surface area contributed by atoms with Crippen molar-refractivity contribution in [3.05, 3.63) is 77.4 Å². The maximum Gasteiger partial charge on any atom is 0.245 e. The van der Waals surface area contributed by atoms with Gasteiger partial charge in [-0.2, -0.15) is 5.26 Å². The molecule has 1 atom stereocenters. The van der Waals surface area contributed by atoms with E-state index >= 15 is 0 Å². The first kappa shape index (κ1) is 21.8. The van der Waals surface area contributed by atoms with Crippen molar-refractivity contribution in [3.8, 4) is 11.8 Å². The molecule has 1 fully saturated rings. The van der Waals surface area contributed by atoms with Gasteiger partial charge in [0.2, 0.25) is 5.91 Å². The molecule has 1 aliphatic heterocycles. The summed E-state index contributed by atoms with van der Waals surface area (Å²) < 4.78 is 5.60. The van der Waals surface area contributed by atoms with Gasteiger partial charge in [0.15, 0.2) is 0 Å². The first-order chi connectivity index (χ1) is 15.6. The van der Waals surface area contributed by atoms with E-state index in [1.165, 1.54) is 0 Å². The summed E-state index contributed by atoms with van der Waals surface area (Å²) in [5.41, 5.74) is 1.43. The molecule has 4 rings (SSSR count). The second-order valence-electron chi connectivity index (χ2n) is 8.13. The summed E-state index contributed by atoms with van der Waals surface area (Å²) >= 11 is 0. The highest BCUT2D eigenvalue weighted by molar-refractivity contribution is 5.91. The van der Waals surface area contributed by atoms with Crippen molar-refractivity contribution in [2.45, 2.75) is 19.0 Å². The average molecular weight is 429 g/mol. The quantitative estimate of drug-likeness (QED) is 0.631. The van der Waals surface area contributed by atoms with E-state index in [-0.39, 0.29) is 12.5 Å². The smallest absolute Gasteiger partial charge is 0.245 e. The molecule has 0 bridgehead atoms. The van der Waals surface area contributed by atoms with Crippen molar-refractivity contribution in [2.24, 2.45) is 0 Å². The Morgan fingerprint density at radius 1 is 1.16 bits per heavy atom. The van der Waals surface area contributed by atoms with Gasteiger partial charge < -0.3 is 15.4 Å². The highest BCUT2D eigenvalue weighted by Gasteiger charge is 2.41. The number of rotatable bonds is 6. The maximum atomic E-state index is 13.7. The maximum absolute atomic E-state index is 13.7. The molecule has 0 aromatic heterocycles. The number of methoxy groups -OCH3 is 1. The van der Waals surface area contributed by atoms with Crippen molar-refractivity contribution in [2.75, 3.05) is 33.3 Å². The van der Waals surface area contributed by atoms with E-state index in [0.717, 1.165) is 48.1 Å². The first-order valence-corrected chi connectivity index (χ1v) is 10.9. The summed E-state index contributed by atoms with van der Waals surface area (Å²) in [6.45, 7) is 5.53. The Kier molecular flexibility index (Phi) is 6.40. The highest BCUT2D eigenvalue weighted by atomic mass is 16.5. The number of ether oxygens (including phenoxy) is 1. The number of nitrogens with one attached hydrogen (secondary N) is 2. The number of carbonyl (C=O) groups is 1. The molecule has 0 radical (unpaired) electrons. The second kappa shape index (κ2) is 9.39. The minimum Gasteiger partial charge on any atom is -0.495 e. The molecule has 0 saturated carbocycles. The molecule has 32 heavy (non-hydrogen) atoms. The molecular formula is C26H28N4O2. The van der Waals surface area contributed by atoms with Gasteiger partial charge >= 0.3 is 0 Å². The third kappa shape index (κ3) is 3.93. The van der Waals surface area contributed by atoms with Crippen LogP contribution in [0.4, 0.5) is 0 Å². The lowest BCUT2D eigenvalue weighted by molar-refractivity contribution is -0.134. The number of piperazine rings is 1. The van der Waals surface area contributed by atoms with E-state index in [4.69, 9.17) is 4.74 Å². The van der Waals surface area contributed by atoms with E-state index in [0.29, 0.717) is 11.3 Å². The summed E-state index contributed by atoms with van der Waals surface area (Å²) in [6, 6.07) is 21.8. The second-order valence-corrected chi connectivity index (χ2v) is 8.13. The Hall–Kier alpha value is -3.40. The standard InChI is InChI=1S/C26H28N4O2/c1-26(21-9-4-3-5-10-21,30-14-12-28-13-15-30)25(31)29-18-23-22-11-7-6-8-19(22)16-20(17-27)24(23)32-2/h3-11,16,28H,12-15,18H2,1-2H3,(H,29,31). The number of amides is 1. The molecule has 1 heterocycles. The van der Waals surface area contributed by atoms with E-state index in [9.17, 15) is 10.1 Å². The Bertz CT molecular complexity index is 1150. The van der Waals surface area contributed by atoms with Crippen molar-refractivity contribution >= 4 is 16.7 Å². The number of benzene rings is 3. The molecule has 0 aliphatic carbocycles. The van der Waals surface area contributed by atoms with Gasteiger partial charge in [-0.25, -0.2) is 0 Å². The largest absolute Gasteiger partial charge is 0.495 e. The van der Waals surface area contributed by atoms with Crippen LogP contribution in [0.2, 0.25) is 0 Å². The van der Waals surface area contributed by atoms with Crippen LogP contribution in [0, 0.1) is 11.3 Å². The zero-order valence-electron chi connectivity index (χ0n) is 18.5. The normalized spacial score (nSPS) is 16.2. The number of hydrogen-bond donors (Lipinski definition) is 2. The Balaban J connectivity index is 1.70. The number of nitriles is 1. The topological polar surface area (TPSA) is 77.4 Å². The first-order valence-electron chi connectivity index (χ1n) is 10.9. The number of carbonyl (C=O) groups excluding carboxylic acids is 1. The van der Waals surface area contributed by atoms with E-state index < -0.39 is 5.54 Å². The fourth-order valence-corrected chi connectivity index (χ4v) is 4.57. The summed E-state index contributed by atoms with van der Waals surface area (Å²) in [6.07, 6.45) is 0. The molecule has 1 aliphatic rings. The van der Waals surface area contributed by atoms with Crippen LogP contribution in [0.1, 0.15) is 23.6 Å². The molecule has 6 heteroatoms. The van der Waals surface area contributed by atoms with Gasteiger partial charge in [0.05, 0.1) is 12.7 Å². The molecule has 6 nitrogen and oxygen atoms in total. The zero-order valence-corrected chi connectivity index (χ0v) is 18.5. The summed E-state index contributed by atoms with van der Waals surface area (Å²) in [7, 11) is 1.56. The molecule has 0 spiro atoms. The van der Waals surface area contributed by atoms with Gasteiger partial charge in [0.1, 0.15) is 17.4 Å². The minimum absolute atomic E-state index is 0.0703. The molecule has 3 aromatic rings. The monoisotopic (exact) mass is 428 g/mol. The lowest BCUT2D eigenvalue weighted by Crippen LogP contribution is -2.59. The van der Waals surface area contributed by atoms with E-state index in [1.54, 1.807) is 7.11 Å². The molecule has 1 saturated heterocycles. The van der Waals surface area contributed by atoms with Gasteiger partial charge in [0.25, 0.3) is 0 Å². The number of nitrogens with zero attached hydrogens (tertiary/aromatic N) is 2. The predicted molar refractivity (Wildman–Crippen MR) is 125 cm³/mol. The van der Waals surface area contributed by atoms with Crippen molar-refractivity contribution in [3.63, 3.8) is 0 Å². The van der Waals surface area contributed by atoms with Crippen LogP contribution in [0.15, 0.2) is 60.7 Å². The summed E-state index contributed by atoms with van der Waals surface area (Å²) in [5.74, 6) is 0.439. The van der Waals surface area contributed by atoms with Gasteiger partial charge in [-0.05, 0) is 29.3 Å². The fraction of sp³-hybridized carbons (Fsp3) is 0.308. The molecular weight excluding hydrogens is 400 g/mol. The Morgan fingerprint density at radius 3 is 2.53 bits per heavy atom. The van der Waals surface area contributed by atoms with Crippen LogP contribution < -0.4 is 15.4 Å². The zero-order chi connectivity index (χ0) is 22.6. The van der Waals surface area contributed by atoms with Gasteiger partial charge in [-0.3, -0.25) is 9.69 Å². The van der Waals surface area contributed by atoms with E-state index in [2.05, 4.69) is 21.6 Å². The highest BCUT2D eigenvalue weighted by Crippen LogP contribution is 2.33. The number of hydrogen-bond acceptors (Lipinski definition) is 5. The van der Waals surface area contributed by atoms with Crippen LogP contribution in [0.3, 0.4) is 0 Å². The van der Waals surface area contributed by atoms with Gasteiger partial charge in [-0.1, -0.05) is 54.6 Å². The molecule has 1 unspecified atom stereocenters. The Labute approximate surface area is 188 Å². The SMILES string of the molecule is COc1c(C#N)cc2ccccc2c1CNC(=O)C(C)(c1ccccc1)N1CCNCC1. The van der Waals surface area contributed by atoms with Gasteiger partial charge in [-0.15, -0.1) is 0 Å². The van der Waals surface area contributed by atoms with Crippen molar-refractivity contribution in [1.82, 2.24) is 15.5 Å². The van der Waals surface area contributed by atoms with Crippen LogP contribution in [-0.4, -0.2) is 44.1 Å². The molecule has 2 N–H and O–H groups in total. The minimum atomic E-state index is -0.806. The lowest BCUT2D eigenvalue weighted by Gasteiger charge is -2.42. The van der Waals surface area contributed by atoms with Crippen LogP contribution in [-0.2, 0) is 16.9 Å².